The molecule has 0 unspecified atom stereocenters. The van der Waals surface area contributed by atoms with Crippen molar-refractivity contribution >= 4 is 44.6 Å². The third-order valence-electron chi connectivity index (χ3n) is 2.08. The van der Waals surface area contributed by atoms with E-state index in [0.717, 1.165) is 4.47 Å². The average molecular weight is 317 g/mol. The Labute approximate surface area is 111 Å². The standard InChI is InChI=1S/C11H8BrClFN3/c12-6-1-7(5-16-4-6)17-11-3-9(14)8(13)2-10(11)15/h1-5,17H,15H2. The molecule has 0 aliphatic heterocycles. The lowest BCUT2D eigenvalue weighted by molar-refractivity contribution is 0.629. The minimum atomic E-state index is -0.522. The summed E-state index contributed by atoms with van der Waals surface area (Å²) in [7, 11) is 0. The number of hydrogen-bond acceptors (Lipinski definition) is 3. The maximum atomic E-state index is 13.3. The summed E-state index contributed by atoms with van der Waals surface area (Å²) >= 11 is 8.90. The molecule has 0 aliphatic carbocycles. The number of halogens is 3. The van der Waals surface area contributed by atoms with Gasteiger partial charge < -0.3 is 11.1 Å². The van der Waals surface area contributed by atoms with Gasteiger partial charge in [-0.05, 0) is 28.1 Å². The van der Waals surface area contributed by atoms with Gasteiger partial charge in [0.05, 0.1) is 28.3 Å². The molecule has 0 spiro atoms. The maximum Gasteiger partial charge on any atom is 0.144 e. The Kier molecular flexibility index (Phi) is 3.49. The van der Waals surface area contributed by atoms with E-state index < -0.39 is 5.82 Å². The van der Waals surface area contributed by atoms with Crippen LogP contribution in [0.15, 0.2) is 35.1 Å². The van der Waals surface area contributed by atoms with Crippen molar-refractivity contribution in [1.82, 2.24) is 4.98 Å². The van der Waals surface area contributed by atoms with Crippen LogP contribution in [-0.2, 0) is 0 Å². The zero-order valence-corrected chi connectivity index (χ0v) is 10.9. The van der Waals surface area contributed by atoms with Crippen LogP contribution in [0.25, 0.3) is 0 Å². The molecule has 88 valence electrons. The minimum absolute atomic E-state index is 0.000386. The van der Waals surface area contributed by atoms with Crippen molar-refractivity contribution in [3.05, 3.63) is 45.9 Å². The van der Waals surface area contributed by atoms with Crippen LogP contribution < -0.4 is 11.1 Å². The first-order valence-electron chi connectivity index (χ1n) is 4.68. The molecule has 6 heteroatoms. The molecule has 0 fully saturated rings. The van der Waals surface area contributed by atoms with Crippen molar-refractivity contribution in [2.24, 2.45) is 0 Å². The van der Waals surface area contributed by atoms with Crippen LogP contribution in [0.1, 0.15) is 0 Å². The molecule has 2 rings (SSSR count). The number of nitrogen functional groups attached to an aromatic ring is 1. The fourth-order valence-electron chi connectivity index (χ4n) is 1.31. The highest BCUT2D eigenvalue weighted by Crippen LogP contribution is 2.29. The van der Waals surface area contributed by atoms with Crippen LogP contribution in [0.5, 0.6) is 0 Å². The Morgan fingerprint density at radius 1 is 1.29 bits per heavy atom. The minimum Gasteiger partial charge on any atom is -0.397 e. The average Bonchev–Trinajstić information content (AvgIpc) is 2.26. The number of benzene rings is 1. The maximum absolute atomic E-state index is 13.3. The van der Waals surface area contributed by atoms with Gasteiger partial charge in [-0.1, -0.05) is 11.6 Å². The molecular weight excluding hydrogens is 308 g/mol. The molecule has 0 aliphatic rings. The molecule has 17 heavy (non-hydrogen) atoms. The Morgan fingerprint density at radius 3 is 2.76 bits per heavy atom. The molecule has 3 N–H and O–H groups in total. The second kappa shape index (κ2) is 4.89. The zero-order chi connectivity index (χ0) is 12.4. The highest BCUT2D eigenvalue weighted by molar-refractivity contribution is 9.10. The smallest absolute Gasteiger partial charge is 0.144 e. The number of rotatable bonds is 2. The monoisotopic (exact) mass is 315 g/mol. The first-order valence-corrected chi connectivity index (χ1v) is 5.85. The van der Waals surface area contributed by atoms with Gasteiger partial charge in [-0.15, -0.1) is 0 Å². The summed E-state index contributed by atoms with van der Waals surface area (Å²) in [5.41, 5.74) is 7.25. The van der Waals surface area contributed by atoms with Gasteiger partial charge in [0.25, 0.3) is 0 Å². The predicted octanol–water partition coefficient (Wildman–Crippen LogP) is 3.96. The van der Waals surface area contributed by atoms with Crippen molar-refractivity contribution in [1.29, 1.82) is 0 Å². The van der Waals surface area contributed by atoms with E-state index in [1.54, 1.807) is 18.5 Å². The van der Waals surface area contributed by atoms with E-state index in [4.69, 9.17) is 17.3 Å². The SMILES string of the molecule is Nc1cc(Cl)c(F)cc1Nc1cncc(Br)c1. The van der Waals surface area contributed by atoms with Crippen LogP contribution in [0.4, 0.5) is 21.5 Å². The molecule has 0 amide bonds. The second-order valence-corrected chi connectivity index (χ2v) is 4.69. The fourth-order valence-corrected chi connectivity index (χ4v) is 1.84. The van der Waals surface area contributed by atoms with Crippen LogP contribution in [0, 0.1) is 5.82 Å². The van der Waals surface area contributed by atoms with Gasteiger partial charge >= 0.3 is 0 Å². The molecule has 1 aromatic carbocycles. The highest BCUT2D eigenvalue weighted by atomic mass is 79.9. The van der Waals surface area contributed by atoms with E-state index in [0.29, 0.717) is 17.1 Å². The Hall–Kier alpha value is -1.33. The Bertz CT molecular complexity index is 562. The van der Waals surface area contributed by atoms with Gasteiger partial charge in [-0.25, -0.2) is 4.39 Å². The zero-order valence-electron chi connectivity index (χ0n) is 8.55. The van der Waals surface area contributed by atoms with Crippen LogP contribution >= 0.6 is 27.5 Å². The number of hydrogen-bond donors (Lipinski definition) is 2. The molecule has 0 atom stereocenters. The number of nitrogens with one attached hydrogen (secondary N) is 1. The number of nitrogens with zero attached hydrogens (tertiary/aromatic N) is 1. The van der Waals surface area contributed by atoms with Crippen LogP contribution in [0.3, 0.4) is 0 Å². The van der Waals surface area contributed by atoms with Gasteiger partial charge in [-0.3, -0.25) is 4.98 Å². The van der Waals surface area contributed by atoms with E-state index in [1.165, 1.54) is 12.1 Å². The molecule has 1 aromatic heterocycles. The summed E-state index contributed by atoms with van der Waals surface area (Å²) in [5, 5.41) is 2.97. The summed E-state index contributed by atoms with van der Waals surface area (Å²) in [6, 6.07) is 4.42. The predicted molar refractivity (Wildman–Crippen MR) is 71.0 cm³/mol. The molecule has 3 nitrogen and oxygen atoms in total. The lowest BCUT2D eigenvalue weighted by Crippen LogP contribution is -1.98. The van der Waals surface area contributed by atoms with Crippen molar-refractivity contribution in [3.8, 4) is 0 Å². The van der Waals surface area contributed by atoms with Crippen LogP contribution in [-0.4, -0.2) is 4.98 Å². The topological polar surface area (TPSA) is 50.9 Å². The van der Waals surface area contributed by atoms with Crippen molar-refractivity contribution < 1.29 is 4.39 Å². The third kappa shape index (κ3) is 2.87. The summed E-state index contributed by atoms with van der Waals surface area (Å²) in [6.45, 7) is 0. The van der Waals surface area contributed by atoms with Crippen molar-refractivity contribution in [2.75, 3.05) is 11.1 Å². The second-order valence-electron chi connectivity index (χ2n) is 3.37. The summed E-state index contributed by atoms with van der Waals surface area (Å²) in [6.07, 6.45) is 3.26. The first-order chi connectivity index (χ1) is 8.06. The van der Waals surface area contributed by atoms with Gasteiger partial charge in [0.1, 0.15) is 5.82 Å². The largest absolute Gasteiger partial charge is 0.397 e. The van der Waals surface area contributed by atoms with Crippen molar-refractivity contribution in [2.45, 2.75) is 0 Å². The number of aromatic nitrogens is 1. The third-order valence-corrected chi connectivity index (χ3v) is 2.80. The number of pyridine rings is 1. The highest BCUT2D eigenvalue weighted by Gasteiger charge is 2.06. The first kappa shape index (κ1) is 12.1. The van der Waals surface area contributed by atoms with Gasteiger partial charge in [0.15, 0.2) is 0 Å². The van der Waals surface area contributed by atoms with Gasteiger partial charge in [0, 0.05) is 16.7 Å². The summed E-state index contributed by atoms with van der Waals surface area (Å²) in [5.74, 6) is -0.522. The molecule has 0 saturated carbocycles. The van der Waals surface area contributed by atoms with E-state index in [1.807, 2.05) is 0 Å². The lowest BCUT2D eigenvalue weighted by atomic mass is 10.2. The number of nitrogens with two attached hydrogens (primary N) is 1. The molecule has 0 bridgehead atoms. The summed E-state index contributed by atoms with van der Waals surface area (Å²) in [4.78, 5) is 3.98. The van der Waals surface area contributed by atoms with Gasteiger partial charge in [0.2, 0.25) is 0 Å². The van der Waals surface area contributed by atoms with E-state index >= 15 is 0 Å². The van der Waals surface area contributed by atoms with E-state index in [-0.39, 0.29) is 5.02 Å². The molecule has 1 heterocycles. The molecule has 0 radical (unpaired) electrons. The molecular formula is C11H8BrClFN3. The quantitative estimate of drug-likeness (QED) is 0.825. The normalized spacial score (nSPS) is 10.3. The van der Waals surface area contributed by atoms with E-state index in [2.05, 4.69) is 26.2 Å². The van der Waals surface area contributed by atoms with Crippen LogP contribution in [0.2, 0.25) is 5.02 Å². The van der Waals surface area contributed by atoms with Crippen molar-refractivity contribution in [3.63, 3.8) is 0 Å². The number of anilines is 3. The summed E-state index contributed by atoms with van der Waals surface area (Å²) < 4.78 is 14.1. The Balaban J connectivity index is 2.33. The Morgan fingerprint density at radius 2 is 2.06 bits per heavy atom. The van der Waals surface area contributed by atoms with Gasteiger partial charge in [-0.2, -0.15) is 0 Å². The molecule has 0 saturated heterocycles. The fraction of sp³-hybridized carbons (Fsp3) is 0. The lowest BCUT2D eigenvalue weighted by Gasteiger charge is -2.10. The molecule has 2 aromatic rings. The van der Waals surface area contributed by atoms with E-state index in [9.17, 15) is 4.39 Å².